The number of aryl methyl sites for hydroxylation is 2. The molecule has 0 atom stereocenters. The van der Waals surface area contributed by atoms with E-state index in [2.05, 4.69) is 5.10 Å². The van der Waals surface area contributed by atoms with E-state index in [9.17, 15) is 9.18 Å². The predicted molar refractivity (Wildman–Crippen MR) is 40.8 cm³/mol. The third-order valence-electron chi connectivity index (χ3n) is 1.62. The maximum atomic E-state index is 13.1. The number of hydrogen-bond donors (Lipinski definition) is 1. The summed E-state index contributed by atoms with van der Waals surface area (Å²) in [5.41, 5.74) is 5.72. The van der Waals surface area contributed by atoms with Crippen molar-refractivity contribution in [3.05, 3.63) is 17.2 Å². The van der Waals surface area contributed by atoms with E-state index < -0.39 is 11.9 Å². The summed E-state index contributed by atoms with van der Waals surface area (Å²) in [5, 5.41) is 3.80. The molecule has 0 aliphatic carbocycles. The van der Waals surface area contributed by atoms with Gasteiger partial charge in [0.2, 0.25) is 11.9 Å². The minimum atomic E-state index is -0.551. The minimum Gasteiger partial charge on any atom is -0.369 e. The van der Waals surface area contributed by atoms with E-state index in [1.807, 2.05) is 0 Å². The van der Waals surface area contributed by atoms with E-state index in [0.717, 1.165) is 4.68 Å². The van der Waals surface area contributed by atoms with Gasteiger partial charge in [0.25, 0.3) is 0 Å². The average Bonchev–Trinajstić information content (AvgIpc) is 2.16. The van der Waals surface area contributed by atoms with E-state index in [4.69, 9.17) is 5.73 Å². The largest absolute Gasteiger partial charge is 0.369 e. The molecule has 0 spiro atoms. The lowest BCUT2D eigenvalue weighted by Gasteiger charge is -1.93. The van der Waals surface area contributed by atoms with Crippen molar-refractivity contribution in [3.8, 4) is 0 Å². The van der Waals surface area contributed by atoms with Crippen LogP contribution in [0.3, 0.4) is 0 Å². The second-order valence-electron chi connectivity index (χ2n) is 2.62. The zero-order valence-corrected chi connectivity index (χ0v) is 6.97. The first kappa shape index (κ1) is 8.70. The maximum Gasteiger partial charge on any atom is 0.222 e. The molecule has 0 radical (unpaired) electrons. The molecule has 0 aliphatic rings. The molecule has 0 saturated heterocycles. The molecule has 0 fully saturated rings. The second-order valence-corrected chi connectivity index (χ2v) is 2.62. The number of nitrogens with two attached hydrogens (primary N) is 1. The topological polar surface area (TPSA) is 60.9 Å². The number of primary amides is 1. The van der Waals surface area contributed by atoms with Crippen molar-refractivity contribution in [3.63, 3.8) is 0 Å². The summed E-state index contributed by atoms with van der Waals surface area (Å²) in [4.78, 5) is 10.5. The van der Waals surface area contributed by atoms with Crippen LogP contribution in [0.5, 0.6) is 0 Å². The van der Waals surface area contributed by atoms with Crippen molar-refractivity contribution in [2.24, 2.45) is 12.8 Å². The molecule has 1 rings (SSSR count). The number of nitrogens with zero attached hydrogens (tertiary/aromatic N) is 2. The van der Waals surface area contributed by atoms with E-state index >= 15 is 0 Å². The van der Waals surface area contributed by atoms with Crippen LogP contribution in [0.4, 0.5) is 4.39 Å². The van der Waals surface area contributed by atoms with Gasteiger partial charge in [-0.3, -0.25) is 4.79 Å². The van der Waals surface area contributed by atoms with Crippen molar-refractivity contribution in [2.45, 2.75) is 13.3 Å². The summed E-state index contributed by atoms with van der Waals surface area (Å²) in [5.74, 6) is -1.05. The van der Waals surface area contributed by atoms with Gasteiger partial charge >= 0.3 is 0 Å². The van der Waals surface area contributed by atoms with Crippen molar-refractivity contribution < 1.29 is 9.18 Å². The van der Waals surface area contributed by atoms with Crippen LogP contribution in [0.1, 0.15) is 11.3 Å². The molecule has 0 saturated carbocycles. The lowest BCUT2D eigenvalue weighted by molar-refractivity contribution is -0.117. The lowest BCUT2D eigenvalue weighted by atomic mass is 10.2. The molecule has 5 heteroatoms. The van der Waals surface area contributed by atoms with Crippen molar-refractivity contribution >= 4 is 5.91 Å². The van der Waals surface area contributed by atoms with Crippen LogP contribution in [0.25, 0.3) is 0 Å². The summed E-state index contributed by atoms with van der Waals surface area (Å²) >= 11 is 0. The van der Waals surface area contributed by atoms with Gasteiger partial charge in [0, 0.05) is 12.6 Å². The number of halogens is 1. The third kappa shape index (κ3) is 1.44. The Morgan fingerprint density at radius 2 is 2.33 bits per heavy atom. The van der Waals surface area contributed by atoms with E-state index in [1.54, 1.807) is 6.92 Å². The molecule has 4 nitrogen and oxygen atoms in total. The molecule has 1 amide bonds. The number of carbonyl (C=O) groups is 1. The molecule has 0 bridgehead atoms. The Morgan fingerprint density at radius 1 is 1.75 bits per heavy atom. The number of hydrogen-bond acceptors (Lipinski definition) is 2. The summed E-state index contributed by atoms with van der Waals surface area (Å²) in [7, 11) is 1.48. The van der Waals surface area contributed by atoms with Gasteiger partial charge < -0.3 is 5.73 Å². The quantitative estimate of drug-likeness (QED) is 0.675. The molecule has 1 aromatic rings. The van der Waals surface area contributed by atoms with Crippen molar-refractivity contribution in [1.82, 2.24) is 9.78 Å². The van der Waals surface area contributed by atoms with Gasteiger partial charge in [-0.2, -0.15) is 9.49 Å². The molecule has 2 N–H and O–H groups in total. The molecule has 12 heavy (non-hydrogen) atoms. The fourth-order valence-corrected chi connectivity index (χ4v) is 1.05. The molecule has 66 valence electrons. The van der Waals surface area contributed by atoms with Crippen LogP contribution in [-0.4, -0.2) is 15.7 Å². The predicted octanol–water partition coefficient (Wildman–Crippen LogP) is -0.105. The Hall–Kier alpha value is -1.39. The SMILES string of the molecule is Cc1nn(C)c(F)c1CC(N)=O. The Morgan fingerprint density at radius 3 is 2.67 bits per heavy atom. The lowest BCUT2D eigenvalue weighted by Crippen LogP contribution is -2.14. The van der Waals surface area contributed by atoms with Gasteiger partial charge in [-0.15, -0.1) is 0 Å². The molecular formula is C7H10FN3O. The monoisotopic (exact) mass is 171 g/mol. The highest BCUT2D eigenvalue weighted by atomic mass is 19.1. The molecule has 1 aromatic heterocycles. The van der Waals surface area contributed by atoms with Gasteiger partial charge in [-0.1, -0.05) is 0 Å². The van der Waals surface area contributed by atoms with Crippen LogP contribution in [0.15, 0.2) is 0 Å². The smallest absolute Gasteiger partial charge is 0.222 e. The normalized spacial score (nSPS) is 10.2. The maximum absolute atomic E-state index is 13.1. The van der Waals surface area contributed by atoms with Crippen LogP contribution in [0.2, 0.25) is 0 Å². The Bertz CT molecular complexity index is 319. The highest BCUT2D eigenvalue weighted by Gasteiger charge is 2.14. The standard InChI is InChI=1S/C7H10FN3O/c1-4-5(3-6(9)12)7(8)11(2)10-4/h3H2,1-2H3,(H2,9,12). The van der Waals surface area contributed by atoms with E-state index in [1.165, 1.54) is 7.05 Å². The van der Waals surface area contributed by atoms with Crippen molar-refractivity contribution in [2.75, 3.05) is 0 Å². The fourth-order valence-electron chi connectivity index (χ4n) is 1.05. The molecule has 1 heterocycles. The highest BCUT2D eigenvalue weighted by molar-refractivity contribution is 5.76. The Balaban J connectivity index is 3.05. The van der Waals surface area contributed by atoms with Gasteiger partial charge in [0.1, 0.15) is 0 Å². The first-order chi connectivity index (χ1) is 5.52. The van der Waals surface area contributed by atoms with Crippen LogP contribution >= 0.6 is 0 Å². The molecular weight excluding hydrogens is 161 g/mol. The zero-order chi connectivity index (χ0) is 9.30. The van der Waals surface area contributed by atoms with E-state index in [0.29, 0.717) is 5.69 Å². The second kappa shape index (κ2) is 2.92. The average molecular weight is 171 g/mol. The minimum absolute atomic E-state index is 0.0918. The van der Waals surface area contributed by atoms with Gasteiger partial charge in [0.05, 0.1) is 12.1 Å². The zero-order valence-electron chi connectivity index (χ0n) is 6.97. The summed E-state index contributed by atoms with van der Waals surface area (Å²) < 4.78 is 14.2. The number of amides is 1. The van der Waals surface area contributed by atoms with Crippen molar-refractivity contribution in [1.29, 1.82) is 0 Å². The van der Waals surface area contributed by atoms with Gasteiger partial charge in [-0.25, -0.2) is 4.68 Å². The molecule has 0 unspecified atom stereocenters. The number of aromatic nitrogens is 2. The van der Waals surface area contributed by atoms with Gasteiger partial charge in [-0.05, 0) is 6.92 Å². The molecule has 0 aromatic carbocycles. The van der Waals surface area contributed by atoms with Crippen LogP contribution < -0.4 is 5.73 Å². The molecule has 0 aliphatic heterocycles. The summed E-state index contributed by atoms with van der Waals surface area (Å²) in [6, 6.07) is 0. The fraction of sp³-hybridized carbons (Fsp3) is 0.429. The summed E-state index contributed by atoms with van der Waals surface area (Å²) in [6.45, 7) is 1.64. The summed E-state index contributed by atoms with van der Waals surface area (Å²) in [6.07, 6.45) is -0.0918. The van der Waals surface area contributed by atoms with Crippen LogP contribution in [-0.2, 0) is 18.3 Å². The highest BCUT2D eigenvalue weighted by Crippen LogP contribution is 2.10. The van der Waals surface area contributed by atoms with Crippen LogP contribution in [0, 0.1) is 12.9 Å². The Kier molecular flexibility index (Phi) is 2.12. The first-order valence-corrected chi connectivity index (χ1v) is 3.48. The van der Waals surface area contributed by atoms with Gasteiger partial charge in [0.15, 0.2) is 0 Å². The Labute approximate surface area is 69.2 Å². The first-order valence-electron chi connectivity index (χ1n) is 3.48. The number of carbonyl (C=O) groups excluding carboxylic acids is 1. The number of rotatable bonds is 2. The third-order valence-corrected chi connectivity index (χ3v) is 1.62. The van der Waals surface area contributed by atoms with E-state index in [-0.39, 0.29) is 12.0 Å².